The Bertz CT molecular complexity index is 198. The molecule has 3 nitrogen and oxygen atoms in total. The zero-order valence-electron chi connectivity index (χ0n) is 7.45. The number of ether oxygens (including phenoxy) is 2. The lowest BCUT2D eigenvalue weighted by Gasteiger charge is -1.99. The number of carbonyl (C=O) groups is 1. The Labute approximate surface area is 72.0 Å². The summed E-state index contributed by atoms with van der Waals surface area (Å²) in [5.41, 5.74) is 0. The van der Waals surface area contributed by atoms with Crippen molar-refractivity contribution in [1.82, 2.24) is 0 Å². The lowest BCUT2D eigenvalue weighted by Crippen LogP contribution is -2.14. The van der Waals surface area contributed by atoms with Gasteiger partial charge in [-0.1, -0.05) is 13.8 Å². The predicted octanol–water partition coefficient (Wildman–Crippen LogP) is 0.973. The Morgan fingerprint density at radius 1 is 1.67 bits per heavy atom. The summed E-state index contributed by atoms with van der Waals surface area (Å²) in [4.78, 5) is 11.1. The van der Waals surface area contributed by atoms with Crippen LogP contribution in [0.2, 0.25) is 0 Å². The number of esters is 1. The Morgan fingerprint density at radius 3 is 2.75 bits per heavy atom. The molecule has 0 aromatic rings. The van der Waals surface area contributed by atoms with Gasteiger partial charge in [-0.2, -0.15) is 0 Å². The van der Waals surface area contributed by atoms with Crippen molar-refractivity contribution in [2.45, 2.75) is 32.5 Å². The van der Waals surface area contributed by atoms with Gasteiger partial charge < -0.3 is 9.47 Å². The first-order valence-corrected chi connectivity index (χ1v) is 4.56. The van der Waals surface area contributed by atoms with Gasteiger partial charge in [0.15, 0.2) is 6.10 Å². The molecular formula is C9H14O3. The third kappa shape index (κ3) is 1.33. The van der Waals surface area contributed by atoms with Crippen LogP contribution >= 0.6 is 0 Å². The highest BCUT2D eigenvalue weighted by Crippen LogP contribution is 2.44. The SMILES string of the molecule is CCC1C(C)C1OC(=O)C1CO1. The highest BCUT2D eigenvalue weighted by Gasteiger charge is 2.50. The van der Waals surface area contributed by atoms with E-state index in [-0.39, 0.29) is 18.2 Å². The molecule has 0 radical (unpaired) electrons. The molecule has 2 aliphatic rings. The Balaban J connectivity index is 1.77. The average Bonchev–Trinajstić information content (AvgIpc) is 2.89. The van der Waals surface area contributed by atoms with E-state index in [1.807, 2.05) is 0 Å². The van der Waals surface area contributed by atoms with Crippen molar-refractivity contribution in [3.05, 3.63) is 0 Å². The first-order chi connectivity index (χ1) is 5.74. The van der Waals surface area contributed by atoms with Crippen LogP contribution in [0, 0.1) is 11.8 Å². The number of hydrogen-bond acceptors (Lipinski definition) is 3. The summed E-state index contributed by atoms with van der Waals surface area (Å²) < 4.78 is 10.1. The van der Waals surface area contributed by atoms with Gasteiger partial charge in [0.1, 0.15) is 6.10 Å². The lowest BCUT2D eigenvalue weighted by atomic mass is 10.3. The van der Waals surface area contributed by atoms with E-state index in [1.54, 1.807) is 0 Å². The second-order valence-corrected chi connectivity index (χ2v) is 3.65. The van der Waals surface area contributed by atoms with Gasteiger partial charge in [-0.15, -0.1) is 0 Å². The van der Waals surface area contributed by atoms with Crippen molar-refractivity contribution in [1.29, 1.82) is 0 Å². The molecule has 2 rings (SSSR count). The molecule has 0 spiro atoms. The maximum atomic E-state index is 11.1. The highest BCUT2D eigenvalue weighted by molar-refractivity contribution is 5.77. The van der Waals surface area contributed by atoms with Crippen LogP contribution in [0.15, 0.2) is 0 Å². The molecule has 1 aliphatic carbocycles. The van der Waals surface area contributed by atoms with Gasteiger partial charge in [-0.25, -0.2) is 4.79 Å². The van der Waals surface area contributed by atoms with E-state index in [2.05, 4.69) is 13.8 Å². The van der Waals surface area contributed by atoms with E-state index in [0.717, 1.165) is 6.42 Å². The minimum absolute atomic E-state index is 0.164. The van der Waals surface area contributed by atoms with Gasteiger partial charge in [0.2, 0.25) is 0 Å². The fourth-order valence-electron chi connectivity index (χ4n) is 1.70. The summed E-state index contributed by atoms with van der Waals surface area (Å²) in [7, 11) is 0. The van der Waals surface area contributed by atoms with E-state index in [9.17, 15) is 4.79 Å². The first kappa shape index (κ1) is 8.05. The molecule has 2 fully saturated rings. The van der Waals surface area contributed by atoms with Crippen molar-refractivity contribution in [2.75, 3.05) is 6.61 Å². The van der Waals surface area contributed by atoms with Crippen molar-refractivity contribution in [3.8, 4) is 0 Å². The predicted molar refractivity (Wildman–Crippen MR) is 42.6 cm³/mol. The maximum Gasteiger partial charge on any atom is 0.337 e. The molecule has 1 heterocycles. The Morgan fingerprint density at radius 2 is 2.33 bits per heavy atom. The average molecular weight is 170 g/mol. The Kier molecular flexibility index (Phi) is 1.83. The molecule has 0 N–H and O–H groups in total. The zero-order chi connectivity index (χ0) is 8.72. The fourth-order valence-corrected chi connectivity index (χ4v) is 1.70. The molecule has 0 aromatic heterocycles. The van der Waals surface area contributed by atoms with Crippen LogP contribution in [0.4, 0.5) is 0 Å². The van der Waals surface area contributed by atoms with Gasteiger partial charge in [0.25, 0.3) is 0 Å². The van der Waals surface area contributed by atoms with Crippen LogP contribution < -0.4 is 0 Å². The molecule has 1 aliphatic heterocycles. The number of rotatable bonds is 3. The van der Waals surface area contributed by atoms with Gasteiger partial charge in [0, 0.05) is 5.92 Å². The molecular weight excluding hydrogens is 156 g/mol. The molecule has 1 saturated heterocycles. The van der Waals surface area contributed by atoms with E-state index < -0.39 is 0 Å². The smallest absolute Gasteiger partial charge is 0.337 e. The van der Waals surface area contributed by atoms with Crippen molar-refractivity contribution >= 4 is 5.97 Å². The minimum atomic E-state index is -0.240. The Hall–Kier alpha value is -0.570. The molecule has 0 bridgehead atoms. The monoisotopic (exact) mass is 170 g/mol. The van der Waals surface area contributed by atoms with Crippen LogP contribution in [0.3, 0.4) is 0 Å². The molecule has 0 amide bonds. The number of carbonyl (C=O) groups excluding carboxylic acids is 1. The normalized spacial score (nSPS) is 43.8. The first-order valence-electron chi connectivity index (χ1n) is 4.56. The second-order valence-electron chi connectivity index (χ2n) is 3.65. The second kappa shape index (κ2) is 2.73. The van der Waals surface area contributed by atoms with Crippen molar-refractivity contribution < 1.29 is 14.3 Å². The van der Waals surface area contributed by atoms with Gasteiger partial charge in [-0.05, 0) is 12.3 Å². The molecule has 1 saturated carbocycles. The quantitative estimate of drug-likeness (QED) is 0.468. The van der Waals surface area contributed by atoms with Crippen LogP contribution in [-0.4, -0.2) is 24.8 Å². The van der Waals surface area contributed by atoms with Gasteiger partial charge in [0.05, 0.1) is 6.61 Å². The van der Waals surface area contributed by atoms with E-state index in [4.69, 9.17) is 9.47 Å². The van der Waals surface area contributed by atoms with E-state index in [1.165, 1.54) is 0 Å². The van der Waals surface area contributed by atoms with Crippen molar-refractivity contribution in [3.63, 3.8) is 0 Å². The van der Waals surface area contributed by atoms with Gasteiger partial charge in [-0.3, -0.25) is 0 Å². The molecule has 0 aromatic carbocycles. The summed E-state index contributed by atoms with van der Waals surface area (Å²) in [6, 6.07) is 0. The standard InChI is InChI=1S/C9H14O3/c1-3-6-5(2)8(6)12-9(10)7-4-11-7/h5-8H,3-4H2,1-2H3. The molecule has 4 atom stereocenters. The van der Waals surface area contributed by atoms with E-state index in [0.29, 0.717) is 18.4 Å². The van der Waals surface area contributed by atoms with Crippen LogP contribution in [-0.2, 0) is 14.3 Å². The fraction of sp³-hybridized carbons (Fsp3) is 0.889. The summed E-state index contributed by atoms with van der Waals surface area (Å²) in [6.07, 6.45) is 1.03. The van der Waals surface area contributed by atoms with Crippen LogP contribution in [0.1, 0.15) is 20.3 Å². The topological polar surface area (TPSA) is 38.8 Å². The maximum absolute atomic E-state index is 11.1. The zero-order valence-corrected chi connectivity index (χ0v) is 7.45. The molecule has 4 unspecified atom stereocenters. The number of epoxide rings is 1. The third-order valence-corrected chi connectivity index (χ3v) is 2.79. The lowest BCUT2D eigenvalue weighted by molar-refractivity contribution is -0.147. The largest absolute Gasteiger partial charge is 0.460 e. The van der Waals surface area contributed by atoms with Crippen molar-refractivity contribution in [2.24, 2.45) is 11.8 Å². The minimum Gasteiger partial charge on any atom is -0.460 e. The highest BCUT2D eigenvalue weighted by atomic mass is 16.6. The summed E-state index contributed by atoms with van der Waals surface area (Å²) >= 11 is 0. The summed E-state index contributed by atoms with van der Waals surface area (Å²) in [5, 5.41) is 0. The van der Waals surface area contributed by atoms with Crippen LogP contribution in [0.25, 0.3) is 0 Å². The molecule has 3 heteroatoms. The van der Waals surface area contributed by atoms with Crippen LogP contribution in [0.5, 0.6) is 0 Å². The summed E-state index contributed by atoms with van der Waals surface area (Å²) in [5.74, 6) is 0.980. The van der Waals surface area contributed by atoms with Gasteiger partial charge >= 0.3 is 5.97 Å². The van der Waals surface area contributed by atoms with E-state index >= 15 is 0 Å². The summed E-state index contributed by atoms with van der Waals surface area (Å²) in [6.45, 7) is 4.80. The molecule has 12 heavy (non-hydrogen) atoms. The molecule has 68 valence electrons. The number of hydrogen-bond donors (Lipinski definition) is 0. The third-order valence-electron chi connectivity index (χ3n) is 2.79.